The van der Waals surface area contributed by atoms with Crippen LogP contribution in [0.25, 0.3) is 0 Å². The van der Waals surface area contributed by atoms with Crippen molar-refractivity contribution in [3.63, 3.8) is 0 Å². The number of carbonyl (C=O) groups excluding carboxylic acids is 1. The third-order valence-electron chi connectivity index (χ3n) is 3.39. The minimum Gasteiger partial charge on any atom is -0.375 e. The van der Waals surface area contributed by atoms with Crippen LogP contribution in [0.4, 0.5) is 0 Å². The monoisotopic (exact) mass is 242 g/mol. The molecular weight excluding hydrogens is 216 g/mol. The zero-order chi connectivity index (χ0) is 12.8. The maximum absolute atomic E-state index is 11.7. The lowest BCUT2D eigenvalue weighted by molar-refractivity contribution is -0.136. The molecule has 0 saturated carbocycles. The maximum Gasteiger partial charge on any atom is 0.248 e. The number of likely N-dealkylation sites (tertiary alicyclic amines) is 1. The van der Waals surface area contributed by atoms with Gasteiger partial charge in [-0.15, -0.1) is 0 Å². The van der Waals surface area contributed by atoms with Crippen molar-refractivity contribution in [1.29, 1.82) is 0 Å². The summed E-state index contributed by atoms with van der Waals surface area (Å²) in [6.07, 6.45) is 2.16. The van der Waals surface area contributed by atoms with Crippen LogP contribution in [-0.4, -0.2) is 62.1 Å². The predicted molar refractivity (Wildman–Crippen MR) is 68.9 cm³/mol. The Kier molecular flexibility index (Phi) is 5.92. The molecule has 1 saturated heterocycles. The van der Waals surface area contributed by atoms with Gasteiger partial charge >= 0.3 is 0 Å². The van der Waals surface area contributed by atoms with Crippen LogP contribution in [0.2, 0.25) is 0 Å². The molecule has 1 heterocycles. The molecule has 1 aliphatic heterocycles. The average Bonchev–Trinajstić information content (AvgIpc) is 2.28. The first-order valence-corrected chi connectivity index (χ1v) is 6.51. The zero-order valence-electron chi connectivity index (χ0n) is 11.6. The second-order valence-electron chi connectivity index (χ2n) is 5.36. The van der Waals surface area contributed by atoms with E-state index in [0.717, 1.165) is 31.8 Å². The molecule has 0 aromatic heterocycles. The van der Waals surface area contributed by atoms with Crippen molar-refractivity contribution in [2.24, 2.45) is 5.92 Å². The smallest absolute Gasteiger partial charge is 0.248 e. The van der Waals surface area contributed by atoms with Crippen LogP contribution in [-0.2, 0) is 9.53 Å². The van der Waals surface area contributed by atoms with Gasteiger partial charge in [-0.1, -0.05) is 13.8 Å². The van der Waals surface area contributed by atoms with E-state index < -0.39 is 0 Å². The molecule has 0 atom stereocenters. The molecule has 1 fully saturated rings. The summed E-state index contributed by atoms with van der Waals surface area (Å²) >= 11 is 0. The number of rotatable bonds is 5. The highest BCUT2D eigenvalue weighted by Gasteiger charge is 2.25. The van der Waals surface area contributed by atoms with Crippen molar-refractivity contribution in [2.45, 2.75) is 32.7 Å². The lowest BCUT2D eigenvalue weighted by atomic mass is 10.0. The molecule has 0 aromatic rings. The molecule has 4 heteroatoms. The molecule has 4 nitrogen and oxygen atoms in total. The van der Waals surface area contributed by atoms with Gasteiger partial charge in [-0.05, 0) is 18.8 Å². The molecule has 17 heavy (non-hydrogen) atoms. The van der Waals surface area contributed by atoms with Crippen molar-refractivity contribution in [3.05, 3.63) is 0 Å². The normalized spacial score (nSPS) is 18.6. The van der Waals surface area contributed by atoms with Gasteiger partial charge in [0.25, 0.3) is 0 Å². The van der Waals surface area contributed by atoms with E-state index in [4.69, 9.17) is 4.74 Å². The van der Waals surface area contributed by atoms with Crippen molar-refractivity contribution in [2.75, 3.05) is 40.4 Å². The molecule has 1 rings (SSSR count). The molecule has 1 amide bonds. The van der Waals surface area contributed by atoms with E-state index in [2.05, 4.69) is 18.7 Å². The van der Waals surface area contributed by atoms with Gasteiger partial charge in [0.2, 0.25) is 5.91 Å². The van der Waals surface area contributed by atoms with Gasteiger partial charge in [0.05, 0.1) is 0 Å². The molecule has 0 aliphatic carbocycles. The van der Waals surface area contributed by atoms with Crippen LogP contribution in [0.1, 0.15) is 26.7 Å². The Morgan fingerprint density at radius 3 is 2.47 bits per heavy atom. The highest BCUT2D eigenvalue weighted by molar-refractivity contribution is 5.77. The maximum atomic E-state index is 11.7. The van der Waals surface area contributed by atoms with Crippen LogP contribution < -0.4 is 0 Å². The highest BCUT2D eigenvalue weighted by atomic mass is 16.5. The molecule has 0 aromatic carbocycles. The van der Waals surface area contributed by atoms with Crippen LogP contribution in [0.15, 0.2) is 0 Å². The molecule has 1 aliphatic rings. The molecule has 0 N–H and O–H groups in total. The van der Waals surface area contributed by atoms with Gasteiger partial charge in [0.15, 0.2) is 0 Å². The topological polar surface area (TPSA) is 32.8 Å². The second-order valence-corrected chi connectivity index (χ2v) is 5.36. The SMILES string of the molecule is COCC(=O)N(C)C1CCN(CC(C)C)CC1. The fourth-order valence-electron chi connectivity index (χ4n) is 2.43. The minimum absolute atomic E-state index is 0.0924. The summed E-state index contributed by atoms with van der Waals surface area (Å²) in [6, 6.07) is 0.390. The van der Waals surface area contributed by atoms with Crippen molar-refractivity contribution >= 4 is 5.91 Å². The van der Waals surface area contributed by atoms with E-state index in [9.17, 15) is 4.79 Å². The Balaban J connectivity index is 2.33. The predicted octanol–water partition coefficient (Wildman–Crippen LogP) is 1.21. The average molecular weight is 242 g/mol. The third-order valence-corrected chi connectivity index (χ3v) is 3.39. The summed E-state index contributed by atoms with van der Waals surface area (Å²) in [4.78, 5) is 16.0. The summed E-state index contributed by atoms with van der Waals surface area (Å²) in [6.45, 7) is 8.08. The number of amides is 1. The fourth-order valence-corrected chi connectivity index (χ4v) is 2.43. The number of hydrogen-bond donors (Lipinski definition) is 0. The number of piperidine rings is 1. The van der Waals surface area contributed by atoms with E-state index in [-0.39, 0.29) is 12.5 Å². The molecule has 0 radical (unpaired) electrons. The molecule has 0 spiro atoms. The standard InChI is InChI=1S/C13H26N2O2/c1-11(2)9-15-7-5-12(6-8-15)14(3)13(16)10-17-4/h11-12H,5-10H2,1-4H3. The summed E-state index contributed by atoms with van der Waals surface area (Å²) in [5.74, 6) is 0.814. The second kappa shape index (κ2) is 6.97. The van der Waals surface area contributed by atoms with E-state index in [1.165, 1.54) is 6.54 Å². The number of methoxy groups -OCH3 is 1. The van der Waals surface area contributed by atoms with Gasteiger partial charge in [-0.2, -0.15) is 0 Å². The third kappa shape index (κ3) is 4.64. The molecular formula is C13H26N2O2. The van der Waals surface area contributed by atoms with Gasteiger partial charge < -0.3 is 14.5 Å². The molecule has 0 bridgehead atoms. The van der Waals surface area contributed by atoms with Crippen molar-refractivity contribution in [1.82, 2.24) is 9.80 Å². The van der Waals surface area contributed by atoms with Crippen LogP contribution in [0, 0.1) is 5.92 Å². The Morgan fingerprint density at radius 1 is 1.41 bits per heavy atom. The van der Waals surface area contributed by atoms with Crippen LogP contribution in [0.5, 0.6) is 0 Å². The summed E-state index contributed by atoms with van der Waals surface area (Å²) in [5.41, 5.74) is 0. The molecule has 0 unspecified atom stereocenters. The van der Waals surface area contributed by atoms with Gasteiger partial charge in [-0.25, -0.2) is 0 Å². The van der Waals surface area contributed by atoms with E-state index in [1.54, 1.807) is 7.11 Å². The summed E-state index contributed by atoms with van der Waals surface area (Å²) in [7, 11) is 3.46. The highest BCUT2D eigenvalue weighted by Crippen LogP contribution is 2.16. The van der Waals surface area contributed by atoms with Crippen molar-refractivity contribution in [3.8, 4) is 0 Å². The van der Waals surface area contributed by atoms with E-state index in [0.29, 0.717) is 6.04 Å². The number of hydrogen-bond acceptors (Lipinski definition) is 3. The molecule has 100 valence electrons. The van der Waals surface area contributed by atoms with Crippen molar-refractivity contribution < 1.29 is 9.53 Å². The first-order valence-electron chi connectivity index (χ1n) is 6.51. The minimum atomic E-state index is 0.0924. The Morgan fingerprint density at radius 2 is 2.00 bits per heavy atom. The number of likely N-dealkylation sites (N-methyl/N-ethyl adjacent to an activating group) is 1. The van der Waals surface area contributed by atoms with Gasteiger partial charge in [0.1, 0.15) is 6.61 Å². The zero-order valence-corrected chi connectivity index (χ0v) is 11.6. The van der Waals surface area contributed by atoms with Crippen LogP contribution >= 0.6 is 0 Å². The lowest BCUT2D eigenvalue weighted by Crippen LogP contribution is -2.47. The number of ether oxygens (including phenoxy) is 1. The van der Waals surface area contributed by atoms with Crippen LogP contribution in [0.3, 0.4) is 0 Å². The van der Waals surface area contributed by atoms with E-state index >= 15 is 0 Å². The fraction of sp³-hybridized carbons (Fsp3) is 0.923. The number of nitrogens with zero attached hydrogens (tertiary/aromatic N) is 2. The largest absolute Gasteiger partial charge is 0.375 e. The quantitative estimate of drug-likeness (QED) is 0.726. The first kappa shape index (κ1) is 14.5. The Labute approximate surface area is 105 Å². The summed E-state index contributed by atoms with van der Waals surface area (Å²) in [5, 5.41) is 0. The summed E-state index contributed by atoms with van der Waals surface area (Å²) < 4.78 is 4.89. The Hall–Kier alpha value is -0.610. The lowest BCUT2D eigenvalue weighted by Gasteiger charge is -2.37. The van der Waals surface area contributed by atoms with E-state index in [1.807, 2.05) is 11.9 Å². The Bertz CT molecular complexity index is 236. The van der Waals surface area contributed by atoms with Gasteiger partial charge in [-0.3, -0.25) is 4.79 Å². The first-order chi connectivity index (χ1) is 8.04. The van der Waals surface area contributed by atoms with Gasteiger partial charge in [0, 0.05) is 39.8 Å². The number of carbonyl (C=O) groups is 1.